The highest BCUT2D eigenvalue weighted by atomic mass is 32.2. The molecule has 0 spiro atoms. The quantitative estimate of drug-likeness (QED) is 0.0120. The van der Waals surface area contributed by atoms with Gasteiger partial charge in [0.2, 0.25) is 17.5 Å². The minimum absolute atomic E-state index is 0.0191. The van der Waals surface area contributed by atoms with E-state index >= 15 is 0 Å². The zero-order chi connectivity index (χ0) is 62.4. The van der Waals surface area contributed by atoms with Gasteiger partial charge in [0, 0.05) is 61.1 Å². The first kappa shape index (κ1) is 66.3. The highest BCUT2D eigenvalue weighted by Gasteiger charge is 2.46. The molecule has 5 aromatic rings. The van der Waals surface area contributed by atoms with E-state index in [-0.39, 0.29) is 53.0 Å². The van der Waals surface area contributed by atoms with Crippen molar-refractivity contribution in [3.8, 4) is 0 Å². The highest BCUT2D eigenvalue weighted by molar-refractivity contribution is 7.86. The summed E-state index contributed by atoms with van der Waals surface area (Å²) in [5.41, 5.74) is 7.20. The molecule has 0 aromatic heterocycles. The Labute approximate surface area is 507 Å². The number of fused-ring (bicyclic) bond motifs is 2. The van der Waals surface area contributed by atoms with Crippen molar-refractivity contribution in [2.24, 2.45) is 0 Å². The first-order chi connectivity index (χ1) is 40.8. The Morgan fingerprint density at radius 1 is 0.674 bits per heavy atom. The van der Waals surface area contributed by atoms with Crippen LogP contribution in [0.4, 0.5) is 16.2 Å². The fraction of sp³-hybridized carbons (Fsp3) is 0.455. The Hall–Kier alpha value is -7.26. The molecule has 2 heterocycles. The van der Waals surface area contributed by atoms with Crippen LogP contribution in [0, 0.1) is 13.8 Å². The van der Waals surface area contributed by atoms with Gasteiger partial charge in [0.05, 0.1) is 26.8 Å². The summed E-state index contributed by atoms with van der Waals surface area (Å²) in [7, 11) is -8.83. The number of alkyl carbamates (subject to hydrolysis) is 1. The Bertz CT molecular complexity index is 3480. The molecule has 20 heteroatoms. The maximum atomic E-state index is 14.1. The van der Waals surface area contributed by atoms with E-state index in [1.807, 2.05) is 54.6 Å². The van der Waals surface area contributed by atoms with E-state index in [1.54, 1.807) is 62.4 Å². The lowest BCUT2D eigenvalue weighted by molar-refractivity contribution is -0.435. The molecule has 0 bridgehead atoms. The molecule has 3 amide bonds. The van der Waals surface area contributed by atoms with Crippen LogP contribution in [-0.2, 0) is 68.0 Å². The zero-order valence-corrected chi connectivity index (χ0v) is 52.2. The molecule has 0 radical (unpaired) electrons. The third kappa shape index (κ3) is 17.0. The van der Waals surface area contributed by atoms with Crippen molar-refractivity contribution in [1.82, 2.24) is 16.0 Å². The fourth-order valence-electron chi connectivity index (χ4n) is 12.2. The van der Waals surface area contributed by atoms with Crippen LogP contribution in [0.25, 0.3) is 0 Å². The lowest BCUT2D eigenvalue weighted by atomic mass is 9.78. The SMILES string of the molecule is CC[N+]1=C(CCCCCC2N(CCCCCC(=O)NCCCC[C@H](NC(=O)[C@H](Cc3ccccc3)NC(=O)OCc3ccccc3)C(=O)COC(=O)c3c(C)cccc3C)c3cc(S(=O)(=O)O)ccc3C2(C)C)C(C)(C)c2cc(S(=O)(=O)O)ccc21. The fourth-order valence-corrected chi connectivity index (χ4v) is 13.2. The van der Waals surface area contributed by atoms with Crippen LogP contribution in [0.3, 0.4) is 0 Å². The molecule has 2 aliphatic heterocycles. The summed E-state index contributed by atoms with van der Waals surface area (Å²) in [5, 5.41) is 8.47. The lowest BCUT2D eigenvalue weighted by Gasteiger charge is -2.35. The molecule has 0 aliphatic carbocycles. The number of anilines is 1. The number of amides is 3. The Morgan fingerprint density at radius 2 is 1.31 bits per heavy atom. The molecule has 1 unspecified atom stereocenters. The summed E-state index contributed by atoms with van der Waals surface area (Å²) in [6, 6.07) is 30.9. The van der Waals surface area contributed by atoms with Gasteiger partial charge in [-0.25, -0.2) is 9.59 Å². The van der Waals surface area contributed by atoms with Crippen molar-refractivity contribution in [2.45, 2.75) is 177 Å². The molecule has 5 N–H and O–H groups in total. The second kappa shape index (κ2) is 29.4. The number of Topliss-reactive ketones (excluding diaryl/α,β-unsaturated/α-hetero) is 1. The van der Waals surface area contributed by atoms with Gasteiger partial charge in [-0.3, -0.25) is 23.5 Å². The molecule has 0 fully saturated rings. The van der Waals surface area contributed by atoms with Crippen molar-refractivity contribution in [2.75, 3.05) is 31.1 Å². The Kier molecular flexibility index (Phi) is 22.7. The molecule has 86 heavy (non-hydrogen) atoms. The predicted molar refractivity (Wildman–Crippen MR) is 330 cm³/mol. The number of nitrogens with zero attached hydrogens (tertiary/aromatic N) is 2. The monoisotopic (exact) mass is 1220 g/mol. The second-order valence-corrected chi connectivity index (χ2v) is 26.5. The first-order valence-corrected chi connectivity index (χ1v) is 32.7. The lowest BCUT2D eigenvalue weighted by Crippen LogP contribution is -2.53. The van der Waals surface area contributed by atoms with Crippen LogP contribution in [0.5, 0.6) is 0 Å². The molecule has 7 rings (SSSR count). The summed E-state index contributed by atoms with van der Waals surface area (Å²) in [5.74, 6) is -1.99. The van der Waals surface area contributed by atoms with Gasteiger partial charge in [0.1, 0.15) is 19.2 Å². The highest BCUT2D eigenvalue weighted by Crippen LogP contribution is 2.48. The van der Waals surface area contributed by atoms with Crippen molar-refractivity contribution < 1.29 is 64.0 Å². The topological polar surface area (TPSA) is 255 Å². The Balaban J connectivity index is 0.916. The zero-order valence-electron chi connectivity index (χ0n) is 50.5. The van der Waals surface area contributed by atoms with Gasteiger partial charge in [-0.05, 0) is 132 Å². The van der Waals surface area contributed by atoms with Crippen LogP contribution in [0.1, 0.15) is 155 Å². The van der Waals surface area contributed by atoms with E-state index in [0.29, 0.717) is 68.4 Å². The number of carbonyl (C=O) groups is 5. The number of unbranched alkanes of at least 4 members (excludes halogenated alkanes) is 5. The average Bonchev–Trinajstić information content (AvgIpc) is 2.59. The largest absolute Gasteiger partial charge is 0.454 e. The second-order valence-electron chi connectivity index (χ2n) is 23.6. The van der Waals surface area contributed by atoms with Gasteiger partial charge in [-0.15, -0.1) is 0 Å². The van der Waals surface area contributed by atoms with Gasteiger partial charge in [0.25, 0.3) is 20.2 Å². The standard InChI is InChI=1S/C66H83N5O13S2/c1-8-70-55-37-35-49(85(77,78)79)41-52(55)66(6,7)58(70)31-17-11-18-32-59-65(4,5)51-36-34-50(86(80,81)82)42-56(51)71(59)39-22-12-19-33-60(73)67-38-21-20-30-53(57(72)44-83-63(75)61-45(2)24-23-25-46(61)3)68-62(74)54(40-47-26-13-9-14-27-47)69-64(76)84-43-48-28-15-10-16-29-48/h9-10,13-16,23-29,34-37,41-42,53-54,59H,8,11-12,17-22,30-33,38-40,43-44H2,1-7H3,(H4-,67,68,69,73,74,76,77,78,79,80,81,82)/p+1/t53-,54-,59?/m0/s1. The number of ketones is 1. The van der Waals surface area contributed by atoms with Crippen LogP contribution < -0.4 is 20.9 Å². The van der Waals surface area contributed by atoms with Gasteiger partial charge < -0.3 is 30.3 Å². The van der Waals surface area contributed by atoms with Crippen molar-refractivity contribution >= 4 is 67.0 Å². The van der Waals surface area contributed by atoms with Gasteiger partial charge in [-0.1, -0.05) is 118 Å². The van der Waals surface area contributed by atoms with Crippen molar-refractivity contribution in [3.63, 3.8) is 0 Å². The van der Waals surface area contributed by atoms with Gasteiger partial charge in [0.15, 0.2) is 18.1 Å². The molecule has 2 aliphatic rings. The van der Waals surface area contributed by atoms with E-state index < -0.39 is 68.1 Å². The van der Waals surface area contributed by atoms with E-state index in [0.717, 1.165) is 65.7 Å². The number of rotatable bonds is 31. The van der Waals surface area contributed by atoms with E-state index in [4.69, 9.17) is 9.47 Å². The van der Waals surface area contributed by atoms with Crippen molar-refractivity contribution in [1.29, 1.82) is 0 Å². The predicted octanol–water partition coefficient (Wildman–Crippen LogP) is 10.6. The third-order valence-corrected chi connectivity index (χ3v) is 18.5. The molecule has 462 valence electrons. The molecule has 3 atom stereocenters. The number of aryl methyl sites for hydroxylation is 2. The summed E-state index contributed by atoms with van der Waals surface area (Å²) >= 11 is 0. The van der Waals surface area contributed by atoms with Gasteiger partial charge in [-0.2, -0.15) is 21.4 Å². The van der Waals surface area contributed by atoms with E-state index in [9.17, 15) is 49.9 Å². The number of ether oxygens (including phenoxy) is 2. The minimum atomic E-state index is -4.47. The van der Waals surface area contributed by atoms with E-state index in [2.05, 4.69) is 60.0 Å². The smallest absolute Gasteiger partial charge is 0.408 e. The number of hydrogen-bond acceptors (Lipinski definition) is 12. The van der Waals surface area contributed by atoms with Crippen molar-refractivity contribution in [3.05, 3.63) is 154 Å². The molecule has 18 nitrogen and oxygen atoms in total. The summed E-state index contributed by atoms with van der Waals surface area (Å²) in [6.45, 7) is 15.1. The van der Waals surface area contributed by atoms with Crippen LogP contribution in [0.2, 0.25) is 0 Å². The summed E-state index contributed by atoms with van der Waals surface area (Å²) in [4.78, 5) is 69.5. The summed E-state index contributed by atoms with van der Waals surface area (Å²) in [6.07, 6.45) is 6.88. The van der Waals surface area contributed by atoms with E-state index in [1.165, 1.54) is 17.8 Å². The molecule has 0 saturated heterocycles. The van der Waals surface area contributed by atoms with Crippen LogP contribution >= 0.6 is 0 Å². The number of carbonyl (C=O) groups excluding carboxylic acids is 5. The molecule has 5 aromatic carbocycles. The normalized spacial score (nSPS) is 15.7. The first-order valence-electron chi connectivity index (χ1n) is 29.8. The molecule has 0 saturated carbocycles. The number of hydrogen-bond donors (Lipinski definition) is 5. The number of benzene rings is 5. The van der Waals surface area contributed by atoms with Gasteiger partial charge >= 0.3 is 12.1 Å². The molecular formula is C66H84N5O13S2+. The minimum Gasteiger partial charge on any atom is -0.454 e. The average molecular weight is 1220 g/mol. The Morgan fingerprint density at radius 3 is 1.98 bits per heavy atom. The third-order valence-electron chi connectivity index (χ3n) is 16.8. The number of nitrogens with one attached hydrogen (secondary N) is 3. The number of esters is 1. The molecular weight excluding hydrogens is 1130 g/mol. The van der Waals surface area contributed by atoms with Crippen LogP contribution in [-0.4, -0.2) is 110 Å². The van der Waals surface area contributed by atoms with Crippen LogP contribution in [0.15, 0.2) is 125 Å². The maximum absolute atomic E-state index is 14.1. The summed E-state index contributed by atoms with van der Waals surface area (Å²) < 4.78 is 81.9. The maximum Gasteiger partial charge on any atom is 0.408 e.